The van der Waals surface area contributed by atoms with Gasteiger partial charge in [0.15, 0.2) is 0 Å². The van der Waals surface area contributed by atoms with Gasteiger partial charge >= 0.3 is 0 Å². The fraction of sp³-hybridized carbons (Fsp3) is 0.333. The van der Waals surface area contributed by atoms with Crippen molar-refractivity contribution in [3.63, 3.8) is 0 Å². The predicted octanol–water partition coefficient (Wildman–Crippen LogP) is 1.74. The molecule has 2 rings (SSSR count). The molecule has 0 aromatic carbocycles. The number of rotatable bonds is 5. The molecule has 0 amide bonds. The standard InChI is InChI=1S/C12H17N5/c1-9-4-6-17-12(11(9)13)16-5-2-3-10-14-7-8-15-10/h4,6-8H,2-3,5,13H2,1H3,(H,14,15)(H,16,17). The molecule has 0 fully saturated rings. The molecule has 90 valence electrons. The molecule has 0 aliphatic heterocycles. The van der Waals surface area contributed by atoms with Crippen LogP contribution in [0.1, 0.15) is 17.8 Å². The Morgan fingerprint density at radius 2 is 2.24 bits per heavy atom. The van der Waals surface area contributed by atoms with Gasteiger partial charge < -0.3 is 16.0 Å². The van der Waals surface area contributed by atoms with Crippen LogP contribution in [-0.2, 0) is 6.42 Å². The minimum absolute atomic E-state index is 0.727. The average Bonchev–Trinajstić information content (AvgIpc) is 2.83. The monoisotopic (exact) mass is 231 g/mol. The van der Waals surface area contributed by atoms with Crippen LogP contribution >= 0.6 is 0 Å². The Labute approximate surface area is 100 Å². The van der Waals surface area contributed by atoms with Crippen molar-refractivity contribution in [1.29, 1.82) is 0 Å². The highest BCUT2D eigenvalue weighted by atomic mass is 15.0. The largest absolute Gasteiger partial charge is 0.396 e. The van der Waals surface area contributed by atoms with E-state index in [0.717, 1.165) is 42.3 Å². The van der Waals surface area contributed by atoms with E-state index in [1.165, 1.54) is 0 Å². The Hall–Kier alpha value is -2.04. The van der Waals surface area contributed by atoms with E-state index in [1.807, 2.05) is 19.2 Å². The summed E-state index contributed by atoms with van der Waals surface area (Å²) in [7, 11) is 0. The molecular formula is C12H17N5. The maximum Gasteiger partial charge on any atom is 0.149 e. The number of nitrogens with two attached hydrogens (primary N) is 1. The Bertz CT molecular complexity index is 464. The number of anilines is 2. The molecule has 5 heteroatoms. The molecule has 0 aliphatic rings. The third-order valence-electron chi connectivity index (χ3n) is 2.65. The fourth-order valence-electron chi connectivity index (χ4n) is 1.61. The maximum absolute atomic E-state index is 5.92. The van der Waals surface area contributed by atoms with Gasteiger partial charge in [-0.05, 0) is 25.0 Å². The van der Waals surface area contributed by atoms with Gasteiger partial charge in [-0.3, -0.25) is 0 Å². The SMILES string of the molecule is Cc1ccnc(NCCCc2ncc[nH]2)c1N. The Balaban J connectivity index is 1.80. The molecule has 0 saturated heterocycles. The van der Waals surface area contributed by atoms with Crippen LogP contribution in [0.4, 0.5) is 11.5 Å². The number of hydrogen-bond donors (Lipinski definition) is 3. The van der Waals surface area contributed by atoms with Crippen LogP contribution < -0.4 is 11.1 Å². The molecule has 0 unspecified atom stereocenters. The van der Waals surface area contributed by atoms with E-state index in [2.05, 4.69) is 20.3 Å². The summed E-state index contributed by atoms with van der Waals surface area (Å²) < 4.78 is 0. The topological polar surface area (TPSA) is 79.6 Å². The lowest BCUT2D eigenvalue weighted by atomic mass is 10.2. The summed E-state index contributed by atoms with van der Waals surface area (Å²) in [6.07, 6.45) is 7.28. The van der Waals surface area contributed by atoms with Crippen LogP contribution in [0.15, 0.2) is 24.7 Å². The molecule has 0 aliphatic carbocycles. The summed E-state index contributed by atoms with van der Waals surface area (Å²) in [6.45, 7) is 2.81. The number of nitrogens with zero attached hydrogens (tertiary/aromatic N) is 2. The highest BCUT2D eigenvalue weighted by Crippen LogP contribution is 2.18. The van der Waals surface area contributed by atoms with Crippen LogP contribution in [0, 0.1) is 6.92 Å². The third-order valence-corrected chi connectivity index (χ3v) is 2.65. The molecular weight excluding hydrogens is 214 g/mol. The molecule has 0 bridgehead atoms. The zero-order valence-electron chi connectivity index (χ0n) is 9.90. The molecule has 0 saturated carbocycles. The van der Waals surface area contributed by atoms with Gasteiger partial charge in [0.25, 0.3) is 0 Å². The lowest BCUT2D eigenvalue weighted by Crippen LogP contribution is -2.08. The number of H-pyrrole nitrogens is 1. The zero-order valence-corrected chi connectivity index (χ0v) is 9.90. The summed E-state index contributed by atoms with van der Waals surface area (Å²) in [5.74, 6) is 1.78. The van der Waals surface area contributed by atoms with Crippen molar-refractivity contribution >= 4 is 11.5 Å². The van der Waals surface area contributed by atoms with Gasteiger partial charge in [0.05, 0.1) is 5.69 Å². The molecule has 4 N–H and O–H groups in total. The summed E-state index contributed by atoms with van der Waals surface area (Å²) in [6, 6.07) is 1.91. The highest BCUT2D eigenvalue weighted by Gasteiger charge is 2.02. The van der Waals surface area contributed by atoms with E-state index in [-0.39, 0.29) is 0 Å². The van der Waals surface area contributed by atoms with E-state index in [1.54, 1.807) is 12.4 Å². The molecule has 0 atom stereocenters. The lowest BCUT2D eigenvalue weighted by molar-refractivity contribution is 0.814. The van der Waals surface area contributed by atoms with Crippen molar-refractivity contribution in [2.75, 3.05) is 17.6 Å². The van der Waals surface area contributed by atoms with Crippen LogP contribution in [0.2, 0.25) is 0 Å². The summed E-state index contributed by atoms with van der Waals surface area (Å²) >= 11 is 0. The Morgan fingerprint density at radius 1 is 1.35 bits per heavy atom. The van der Waals surface area contributed by atoms with Gasteiger partial charge in [-0.15, -0.1) is 0 Å². The van der Waals surface area contributed by atoms with Gasteiger partial charge in [0.2, 0.25) is 0 Å². The molecule has 0 radical (unpaired) electrons. The maximum atomic E-state index is 5.92. The van der Waals surface area contributed by atoms with Gasteiger partial charge in [0, 0.05) is 31.6 Å². The van der Waals surface area contributed by atoms with Gasteiger partial charge in [-0.1, -0.05) is 0 Å². The van der Waals surface area contributed by atoms with Gasteiger partial charge in [0.1, 0.15) is 11.6 Å². The normalized spacial score (nSPS) is 10.4. The van der Waals surface area contributed by atoms with E-state index in [0.29, 0.717) is 0 Å². The van der Waals surface area contributed by atoms with E-state index >= 15 is 0 Å². The van der Waals surface area contributed by atoms with Crippen molar-refractivity contribution in [3.8, 4) is 0 Å². The predicted molar refractivity (Wildman–Crippen MR) is 68.8 cm³/mol. The number of imidazole rings is 1. The molecule has 0 spiro atoms. The quantitative estimate of drug-likeness (QED) is 0.685. The third kappa shape index (κ3) is 2.96. The van der Waals surface area contributed by atoms with Gasteiger partial charge in [-0.2, -0.15) is 0 Å². The highest BCUT2D eigenvalue weighted by molar-refractivity contribution is 5.64. The average molecular weight is 231 g/mol. The summed E-state index contributed by atoms with van der Waals surface area (Å²) in [5.41, 5.74) is 7.69. The van der Waals surface area contributed by atoms with E-state index < -0.39 is 0 Å². The van der Waals surface area contributed by atoms with Crippen molar-refractivity contribution < 1.29 is 0 Å². The number of pyridine rings is 1. The van der Waals surface area contributed by atoms with Crippen molar-refractivity contribution in [3.05, 3.63) is 36.0 Å². The molecule has 5 nitrogen and oxygen atoms in total. The molecule has 2 aromatic rings. The second-order valence-electron chi connectivity index (χ2n) is 3.96. The zero-order chi connectivity index (χ0) is 12.1. The number of nitrogens with one attached hydrogen (secondary N) is 2. The Kier molecular flexibility index (Phi) is 3.59. The van der Waals surface area contributed by atoms with Gasteiger partial charge in [-0.25, -0.2) is 9.97 Å². The number of aromatic nitrogens is 3. The van der Waals surface area contributed by atoms with Crippen molar-refractivity contribution in [2.24, 2.45) is 0 Å². The number of aromatic amines is 1. The minimum Gasteiger partial charge on any atom is -0.396 e. The Morgan fingerprint density at radius 3 is 3.00 bits per heavy atom. The first-order valence-electron chi connectivity index (χ1n) is 5.70. The number of aryl methyl sites for hydroxylation is 2. The first-order chi connectivity index (χ1) is 8.27. The van der Waals surface area contributed by atoms with E-state index in [4.69, 9.17) is 5.73 Å². The molecule has 2 aromatic heterocycles. The first kappa shape index (κ1) is 11.4. The summed E-state index contributed by atoms with van der Waals surface area (Å²) in [5, 5.41) is 3.24. The van der Waals surface area contributed by atoms with Crippen molar-refractivity contribution in [1.82, 2.24) is 15.0 Å². The first-order valence-corrected chi connectivity index (χ1v) is 5.70. The number of hydrogen-bond acceptors (Lipinski definition) is 4. The van der Waals surface area contributed by atoms with E-state index in [9.17, 15) is 0 Å². The molecule has 17 heavy (non-hydrogen) atoms. The fourth-order valence-corrected chi connectivity index (χ4v) is 1.61. The summed E-state index contributed by atoms with van der Waals surface area (Å²) in [4.78, 5) is 11.5. The smallest absolute Gasteiger partial charge is 0.149 e. The van der Waals surface area contributed by atoms with Crippen LogP contribution in [0.3, 0.4) is 0 Å². The number of nitrogen functional groups attached to an aromatic ring is 1. The van der Waals surface area contributed by atoms with Crippen molar-refractivity contribution in [2.45, 2.75) is 19.8 Å². The second-order valence-corrected chi connectivity index (χ2v) is 3.96. The molecule has 2 heterocycles. The second kappa shape index (κ2) is 5.34. The van der Waals surface area contributed by atoms with Crippen LogP contribution in [0.5, 0.6) is 0 Å². The van der Waals surface area contributed by atoms with Crippen LogP contribution in [-0.4, -0.2) is 21.5 Å². The minimum atomic E-state index is 0.727. The lowest BCUT2D eigenvalue weighted by Gasteiger charge is -2.09. The van der Waals surface area contributed by atoms with Crippen LogP contribution in [0.25, 0.3) is 0 Å².